The SMILES string of the molecule is NC1=NC(O)N([C@H]2CC(O)[C@@H](CO)O2)C=C1I. The van der Waals surface area contributed by atoms with E-state index in [1.54, 1.807) is 6.20 Å². The molecule has 0 amide bonds. The monoisotopic (exact) mass is 355 g/mol. The van der Waals surface area contributed by atoms with Gasteiger partial charge in [0.15, 0.2) is 0 Å². The zero-order chi connectivity index (χ0) is 12.6. The maximum Gasteiger partial charge on any atom is 0.229 e. The molecule has 4 atom stereocenters. The summed E-state index contributed by atoms with van der Waals surface area (Å²) < 4.78 is 6.12. The third-order valence-electron chi connectivity index (χ3n) is 2.74. The maximum atomic E-state index is 9.75. The van der Waals surface area contributed by atoms with E-state index in [1.807, 2.05) is 22.6 Å². The Hall–Kier alpha value is -0.420. The Morgan fingerprint density at radius 3 is 2.88 bits per heavy atom. The van der Waals surface area contributed by atoms with Gasteiger partial charge in [-0.25, -0.2) is 4.99 Å². The number of aliphatic hydroxyl groups is 3. The third kappa shape index (κ3) is 2.55. The van der Waals surface area contributed by atoms with E-state index < -0.39 is 24.8 Å². The van der Waals surface area contributed by atoms with Crippen LogP contribution >= 0.6 is 22.6 Å². The van der Waals surface area contributed by atoms with Crippen molar-refractivity contribution in [1.29, 1.82) is 0 Å². The fraction of sp³-hybridized carbons (Fsp3) is 0.667. The Morgan fingerprint density at radius 1 is 1.59 bits per heavy atom. The van der Waals surface area contributed by atoms with Gasteiger partial charge in [0.25, 0.3) is 0 Å². The summed E-state index contributed by atoms with van der Waals surface area (Å²) in [4.78, 5) is 5.31. The third-order valence-corrected chi connectivity index (χ3v) is 3.58. The van der Waals surface area contributed by atoms with Crippen molar-refractivity contribution in [1.82, 2.24) is 4.90 Å². The van der Waals surface area contributed by atoms with E-state index in [9.17, 15) is 10.2 Å². The van der Waals surface area contributed by atoms with Crippen LogP contribution in [0.25, 0.3) is 0 Å². The molecule has 5 N–H and O–H groups in total. The van der Waals surface area contributed by atoms with E-state index in [0.29, 0.717) is 10.0 Å². The summed E-state index contributed by atoms with van der Waals surface area (Å²) in [7, 11) is 0. The van der Waals surface area contributed by atoms with Crippen LogP contribution in [-0.4, -0.2) is 57.4 Å². The summed E-state index contributed by atoms with van der Waals surface area (Å²) in [5.41, 5.74) is 5.57. The average Bonchev–Trinajstić information content (AvgIpc) is 2.65. The number of nitrogens with zero attached hydrogens (tertiary/aromatic N) is 2. The standard InChI is InChI=1S/C9H14IN3O4/c10-4-2-13(9(16)12-8(4)11)7-1-5(15)6(3-14)17-7/h2,5-7,9,14-16H,1,3H2,(H2,11,12)/t5?,6-,7-,9?/m1/s1. The summed E-state index contributed by atoms with van der Waals surface area (Å²) >= 11 is 2.00. The van der Waals surface area contributed by atoms with Crippen molar-refractivity contribution in [3.63, 3.8) is 0 Å². The van der Waals surface area contributed by atoms with Gasteiger partial charge in [0.2, 0.25) is 6.35 Å². The number of nitrogens with two attached hydrogens (primary N) is 1. The zero-order valence-electron chi connectivity index (χ0n) is 8.90. The molecule has 8 heteroatoms. The number of halogens is 1. The summed E-state index contributed by atoms with van der Waals surface area (Å²) in [6, 6.07) is 0. The second-order valence-corrected chi connectivity index (χ2v) is 5.06. The second kappa shape index (κ2) is 5.06. The van der Waals surface area contributed by atoms with Crippen molar-refractivity contribution >= 4 is 28.4 Å². The van der Waals surface area contributed by atoms with E-state index in [1.165, 1.54) is 4.90 Å². The van der Waals surface area contributed by atoms with Gasteiger partial charge in [-0.1, -0.05) is 0 Å². The molecule has 0 aromatic rings. The quantitative estimate of drug-likeness (QED) is 0.458. The van der Waals surface area contributed by atoms with E-state index >= 15 is 0 Å². The molecule has 2 aliphatic heterocycles. The van der Waals surface area contributed by atoms with Crippen molar-refractivity contribution < 1.29 is 20.1 Å². The summed E-state index contributed by atoms with van der Waals surface area (Å²) in [6.45, 7) is -0.256. The van der Waals surface area contributed by atoms with Gasteiger partial charge < -0.3 is 30.7 Å². The van der Waals surface area contributed by atoms with Crippen LogP contribution in [0.2, 0.25) is 0 Å². The number of hydrogen-bond donors (Lipinski definition) is 4. The molecule has 2 unspecified atom stereocenters. The van der Waals surface area contributed by atoms with Crippen LogP contribution in [0.3, 0.4) is 0 Å². The van der Waals surface area contributed by atoms with Crippen LogP contribution in [0.1, 0.15) is 6.42 Å². The van der Waals surface area contributed by atoms with Crippen LogP contribution in [-0.2, 0) is 4.74 Å². The number of rotatable bonds is 2. The molecule has 0 aromatic carbocycles. The van der Waals surface area contributed by atoms with Crippen molar-refractivity contribution in [2.45, 2.75) is 31.2 Å². The van der Waals surface area contributed by atoms with Crippen molar-refractivity contribution in [3.8, 4) is 0 Å². The second-order valence-electron chi connectivity index (χ2n) is 3.90. The highest BCUT2D eigenvalue weighted by atomic mass is 127. The van der Waals surface area contributed by atoms with Gasteiger partial charge in [0, 0.05) is 12.6 Å². The maximum absolute atomic E-state index is 9.75. The molecule has 0 aliphatic carbocycles. The van der Waals surface area contributed by atoms with Crippen molar-refractivity contribution in [3.05, 3.63) is 9.78 Å². The van der Waals surface area contributed by atoms with Crippen LogP contribution < -0.4 is 5.73 Å². The lowest BCUT2D eigenvalue weighted by molar-refractivity contribution is -0.110. The lowest BCUT2D eigenvalue weighted by Gasteiger charge is -2.32. The van der Waals surface area contributed by atoms with E-state index in [-0.39, 0.29) is 12.4 Å². The molecule has 1 fully saturated rings. The number of amidine groups is 1. The van der Waals surface area contributed by atoms with E-state index in [0.717, 1.165) is 0 Å². The molecule has 7 nitrogen and oxygen atoms in total. The molecule has 2 aliphatic rings. The van der Waals surface area contributed by atoms with E-state index in [2.05, 4.69) is 4.99 Å². The lowest BCUT2D eigenvalue weighted by atomic mass is 10.2. The molecule has 2 heterocycles. The molecule has 0 spiro atoms. The molecule has 0 radical (unpaired) electrons. The van der Waals surface area contributed by atoms with Crippen molar-refractivity contribution in [2.24, 2.45) is 10.7 Å². The first-order chi connectivity index (χ1) is 8.02. The molecule has 2 rings (SSSR count). The normalized spacial score (nSPS) is 38.0. The number of aliphatic imine (C=N–C) groups is 1. The molecular formula is C9H14IN3O4. The molecule has 0 bridgehead atoms. The van der Waals surface area contributed by atoms with Crippen LogP contribution in [0, 0.1) is 0 Å². The molecule has 0 aromatic heterocycles. The fourth-order valence-corrected chi connectivity index (χ4v) is 2.27. The fourth-order valence-electron chi connectivity index (χ4n) is 1.81. The number of ether oxygens (including phenoxy) is 1. The minimum atomic E-state index is -1.12. The Kier molecular flexibility index (Phi) is 3.88. The molecule has 0 saturated carbocycles. The van der Waals surface area contributed by atoms with Gasteiger partial charge in [-0.2, -0.15) is 0 Å². The average molecular weight is 355 g/mol. The van der Waals surface area contributed by atoms with Crippen LogP contribution in [0.5, 0.6) is 0 Å². The minimum Gasteiger partial charge on any atom is -0.394 e. The Morgan fingerprint density at radius 2 is 2.29 bits per heavy atom. The molecule has 1 saturated heterocycles. The smallest absolute Gasteiger partial charge is 0.229 e. The lowest BCUT2D eigenvalue weighted by Crippen LogP contribution is -2.42. The predicted octanol–water partition coefficient (Wildman–Crippen LogP) is -1.32. The Labute approximate surface area is 112 Å². The first-order valence-electron chi connectivity index (χ1n) is 5.13. The highest BCUT2D eigenvalue weighted by Gasteiger charge is 2.38. The summed E-state index contributed by atoms with van der Waals surface area (Å²) in [6.07, 6.45) is -1.07. The Balaban J connectivity index is 2.10. The number of hydrogen-bond acceptors (Lipinski definition) is 7. The van der Waals surface area contributed by atoms with Crippen LogP contribution in [0.15, 0.2) is 14.8 Å². The van der Waals surface area contributed by atoms with E-state index in [4.69, 9.17) is 15.6 Å². The highest BCUT2D eigenvalue weighted by molar-refractivity contribution is 14.1. The Bertz CT molecular complexity index is 362. The van der Waals surface area contributed by atoms with Crippen LogP contribution in [0.4, 0.5) is 0 Å². The van der Waals surface area contributed by atoms with Gasteiger partial charge in [-0.3, -0.25) is 0 Å². The first kappa shape index (κ1) is 13.0. The van der Waals surface area contributed by atoms with Crippen molar-refractivity contribution in [2.75, 3.05) is 6.61 Å². The summed E-state index contributed by atoms with van der Waals surface area (Å²) in [5, 5.41) is 28.3. The predicted molar refractivity (Wildman–Crippen MR) is 67.9 cm³/mol. The summed E-state index contributed by atoms with van der Waals surface area (Å²) in [5.74, 6) is 0.270. The minimum absolute atomic E-state index is 0.256. The van der Waals surface area contributed by atoms with Gasteiger partial charge >= 0.3 is 0 Å². The number of aliphatic hydroxyl groups excluding tert-OH is 3. The first-order valence-corrected chi connectivity index (χ1v) is 6.21. The van der Waals surface area contributed by atoms with Gasteiger partial charge in [0.05, 0.1) is 16.3 Å². The molecular weight excluding hydrogens is 341 g/mol. The van der Waals surface area contributed by atoms with Gasteiger partial charge in [-0.05, 0) is 22.6 Å². The molecule has 96 valence electrons. The topological polar surface area (TPSA) is 112 Å². The highest BCUT2D eigenvalue weighted by Crippen LogP contribution is 2.28. The largest absolute Gasteiger partial charge is 0.394 e. The van der Waals surface area contributed by atoms with Gasteiger partial charge in [-0.15, -0.1) is 0 Å². The molecule has 17 heavy (non-hydrogen) atoms. The zero-order valence-corrected chi connectivity index (χ0v) is 11.1. The van der Waals surface area contributed by atoms with Gasteiger partial charge in [0.1, 0.15) is 18.2 Å².